The number of nitrogens with zero attached hydrogens (tertiary/aromatic N) is 1. The van der Waals surface area contributed by atoms with Gasteiger partial charge in [-0.3, -0.25) is 0 Å². The van der Waals surface area contributed by atoms with Crippen LogP contribution in [0.5, 0.6) is 0 Å². The summed E-state index contributed by atoms with van der Waals surface area (Å²) in [7, 11) is -3.17. The lowest BCUT2D eigenvalue weighted by molar-refractivity contribution is 0.338. The van der Waals surface area contributed by atoms with E-state index in [0.29, 0.717) is 13.1 Å². The number of sulfonamides is 1. The molecule has 0 saturated carbocycles. The molecule has 1 unspecified atom stereocenters. The van der Waals surface area contributed by atoms with E-state index >= 15 is 0 Å². The van der Waals surface area contributed by atoms with Gasteiger partial charge in [0.15, 0.2) is 0 Å². The molecule has 1 atom stereocenters. The molecular formula is C14H20N2O2S. The summed E-state index contributed by atoms with van der Waals surface area (Å²) in [6.07, 6.45) is 2.10. The zero-order chi connectivity index (χ0) is 13.3. The minimum atomic E-state index is -3.17. The van der Waals surface area contributed by atoms with Gasteiger partial charge >= 0.3 is 0 Å². The molecule has 0 aliphatic carbocycles. The average Bonchev–Trinajstić information content (AvgIpc) is 3.02. The van der Waals surface area contributed by atoms with Gasteiger partial charge in [0.25, 0.3) is 0 Å². The Balaban J connectivity index is 1.72. The van der Waals surface area contributed by atoms with Crippen LogP contribution in [-0.4, -0.2) is 38.9 Å². The van der Waals surface area contributed by atoms with E-state index < -0.39 is 10.0 Å². The third-order valence-electron chi connectivity index (χ3n) is 4.32. The SMILES string of the molecule is O=S(=O)(Cc1ccccc1)N1CCC2(CCNC2)C1. The molecular weight excluding hydrogens is 260 g/mol. The van der Waals surface area contributed by atoms with E-state index in [1.54, 1.807) is 4.31 Å². The highest BCUT2D eigenvalue weighted by Gasteiger charge is 2.43. The van der Waals surface area contributed by atoms with Crippen molar-refractivity contribution in [3.8, 4) is 0 Å². The molecule has 2 fully saturated rings. The van der Waals surface area contributed by atoms with Gasteiger partial charge in [0.05, 0.1) is 5.75 Å². The highest BCUT2D eigenvalue weighted by Crippen LogP contribution is 2.37. The standard InChI is InChI=1S/C14H20N2O2S/c17-19(18,10-13-4-2-1-3-5-13)16-9-7-14(12-16)6-8-15-11-14/h1-5,15H,6-12H2. The van der Waals surface area contributed by atoms with Crippen molar-refractivity contribution in [2.75, 3.05) is 26.2 Å². The lowest BCUT2D eigenvalue weighted by atomic mass is 9.87. The Kier molecular flexibility index (Phi) is 3.37. The number of rotatable bonds is 3. The monoisotopic (exact) mass is 280 g/mol. The maximum absolute atomic E-state index is 12.4. The van der Waals surface area contributed by atoms with E-state index in [9.17, 15) is 8.42 Å². The molecule has 0 bridgehead atoms. The molecule has 1 aromatic rings. The summed E-state index contributed by atoms with van der Waals surface area (Å²) in [5.41, 5.74) is 1.07. The van der Waals surface area contributed by atoms with Crippen molar-refractivity contribution in [3.63, 3.8) is 0 Å². The number of benzene rings is 1. The van der Waals surface area contributed by atoms with Gasteiger partial charge in [-0.1, -0.05) is 30.3 Å². The van der Waals surface area contributed by atoms with Crippen molar-refractivity contribution < 1.29 is 8.42 Å². The second kappa shape index (κ2) is 4.89. The topological polar surface area (TPSA) is 49.4 Å². The van der Waals surface area contributed by atoms with Crippen LogP contribution in [0, 0.1) is 5.41 Å². The molecule has 104 valence electrons. The van der Waals surface area contributed by atoms with Crippen LogP contribution in [0.15, 0.2) is 30.3 Å². The second-order valence-corrected chi connectivity index (χ2v) is 7.72. The molecule has 0 amide bonds. The summed E-state index contributed by atoms with van der Waals surface area (Å²) in [4.78, 5) is 0. The van der Waals surface area contributed by atoms with Crippen molar-refractivity contribution >= 4 is 10.0 Å². The van der Waals surface area contributed by atoms with E-state index in [-0.39, 0.29) is 11.2 Å². The summed E-state index contributed by atoms with van der Waals surface area (Å²) in [6.45, 7) is 3.35. The average molecular weight is 280 g/mol. The molecule has 2 heterocycles. The van der Waals surface area contributed by atoms with Gasteiger partial charge in [0.2, 0.25) is 10.0 Å². The highest BCUT2D eigenvalue weighted by atomic mass is 32.2. The molecule has 19 heavy (non-hydrogen) atoms. The van der Waals surface area contributed by atoms with Crippen molar-refractivity contribution in [3.05, 3.63) is 35.9 Å². The molecule has 3 rings (SSSR count). The maximum Gasteiger partial charge on any atom is 0.218 e. The minimum Gasteiger partial charge on any atom is -0.316 e. The van der Waals surface area contributed by atoms with Gasteiger partial charge < -0.3 is 5.32 Å². The van der Waals surface area contributed by atoms with Crippen LogP contribution < -0.4 is 5.32 Å². The Morgan fingerprint density at radius 2 is 2.00 bits per heavy atom. The lowest BCUT2D eigenvalue weighted by Gasteiger charge is -2.22. The molecule has 1 spiro atoms. The lowest BCUT2D eigenvalue weighted by Crippen LogP contribution is -2.34. The number of nitrogens with one attached hydrogen (secondary N) is 1. The van der Waals surface area contributed by atoms with E-state index in [0.717, 1.165) is 31.5 Å². The first-order valence-electron chi connectivity index (χ1n) is 6.82. The van der Waals surface area contributed by atoms with Gasteiger partial charge in [-0.2, -0.15) is 0 Å². The van der Waals surface area contributed by atoms with Gasteiger partial charge in [-0.25, -0.2) is 12.7 Å². The number of hydrogen-bond donors (Lipinski definition) is 1. The summed E-state index contributed by atoms with van der Waals surface area (Å²) in [5.74, 6) is 0.122. The van der Waals surface area contributed by atoms with Crippen LogP contribution in [0.2, 0.25) is 0 Å². The normalized spacial score (nSPS) is 28.2. The van der Waals surface area contributed by atoms with Crippen LogP contribution in [0.3, 0.4) is 0 Å². The second-order valence-electron chi connectivity index (χ2n) is 5.75. The summed E-state index contributed by atoms with van der Waals surface area (Å²) < 4.78 is 26.6. The van der Waals surface area contributed by atoms with Crippen LogP contribution in [0.4, 0.5) is 0 Å². The molecule has 1 aromatic carbocycles. The van der Waals surface area contributed by atoms with E-state index in [1.165, 1.54) is 0 Å². The fourth-order valence-corrected chi connectivity index (χ4v) is 4.79. The van der Waals surface area contributed by atoms with Crippen molar-refractivity contribution in [1.82, 2.24) is 9.62 Å². The zero-order valence-corrected chi connectivity index (χ0v) is 11.8. The summed E-state index contributed by atoms with van der Waals surface area (Å²) in [5, 5.41) is 3.36. The van der Waals surface area contributed by atoms with Crippen LogP contribution in [-0.2, 0) is 15.8 Å². The van der Waals surface area contributed by atoms with E-state index in [4.69, 9.17) is 0 Å². The zero-order valence-electron chi connectivity index (χ0n) is 11.0. The first-order valence-corrected chi connectivity index (χ1v) is 8.43. The molecule has 2 saturated heterocycles. The van der Waals surface area contributed by atoms with Gasteiger partial charge in [0.1, 0.15) is 0 Å². The van der Waals surface area contributed by atoms with Crippen LogP contribution in [0.25, 0.3) is 0 Å². The Bertz CT molecular complexity index is 536. The fraction of sp³-hybridized carbons (Fsp3) is 0.571. The molecule has 0 radical (unpaired) electrons. The Morgan fingerprint density at radius 3 is 2.68 bits per heavy atom. The Hall–Kier alpha value is -0.910. The van der Waals surface area contributed by atoms with Crippen LogP contribution in [0.1, 0.15) is 18.4 Å². The predicted octanol–water partition coefficient (Wildman–Crippen LogP) is 1.20. The Labute approximate surface area is 114 Å². The summed E-state index contributed by atoms with van der Waals surface area (Å²) in [6, 6.07) is 9.43. The van der Waals surface area contributed by atoms with Crippen molar-refractivity contribution in [2.24, 2.45) is 5.41 Å². The minimum absolute atomic E-state index is 0.122. The first-order chi connectivity index (χ1) is 9.10. The number of hydrogen-bond acceptors (Lipinski definition) is 3. The Morgan fingerprint density at radius 1 is 1.21 bits per heavy atom. The van der Waals surface area contributed by atoms with Gasteiger partial charge in [0, 0.05) is 19.6 Å². The molecule has 2 aliphatic heterocycles. The molecule has 0 aromatic heterocycles. The molecule has 2 aliphatic rings. The third kappa shape index (κ3) is 2.68. The largest absolute Gasteiger partial charge is 0.316 e. The van der Waals surface area contributed by atoms with E-state index in [1.807, 2.05) is 30.3 Å². The summed E-state index contributed by atoms with van der Waals surface area (Å²) >= 11 is 0. The molecule has 5 heteroatoms. The van der Waals surface area contributed by atoms with E-state index in [2.05, 4.69) is 5.32 Å². The smallest absolute Gasteiger partial charge is 0.218 e. The molecule has 4 nitrogen and oxygen atoms in total. The predicted molar refractivity (Wildman–Crippen MR) is 75.2 cm³/mol. The van der Waals surface area contributed by atoms with Crippen molar-refractivity contribution in [1.29, 1.82) is 0 Å². The quantitative estimate of drug-likeness (QED) is 0.905. The molecule has 1 N–H and O–H groups in total. The maximum atomic E-state index is 12.4. The van der Waals surface area contributed by atoms with Gasteiger partial charge in [-0.15, -0.1) is 0 Å². The first kappa shape index (κ1) is 13.1. The highest BCUT2D eigenvalue weighted by molar-refractivity contribution is 7.88. The fourth-order valence-electron chi connectivity index (χ4n) is 3.15. The van der Waals surface area contributed by atoms with Crippen LogP contribution >= 0.6 is 0 Å². The third-order valence-corrected chi connectivity index (χ3v) is 6.12. The van der Waals surface area contributed by atoms with Gasteiger partial charge in [-0.05, 0) is 30.4 Å². The van der Waals surface area contributed by atoms with Crippen molar-refractivity contribution in [2.45, 2.75) is 18.6 Å².